The minimum absolute atomic E-state index is 0. The van der Waals surface area contributed by atoms with E-state index in [1.165, 1.54) is 12.0 Å². The van der Waals surface area contributed by atoms with E-state index in [2.05, 4.69) is 68.7 Å². The number of nitrogens with zero attached hydrogens (tertiary/aromatic N) is 1. The van der Waals surface area contributed by atoms with E-state index in [0.717, 1.165) is 58.1 Å². The van der Waals surface area contributed by atoms with Gasteiger partial charge in [-0.2, -0.15) is 0 Å². The van der Waals surface area contributed by atoms with Crippen LogP contribution >= 0.6 is 24.0 Å². The van der Waals surface area contributed by atoms with Crippen molar-refractivity contribution >= 4 is 29.9 Å². The van der Waals surface area contributed by atoms with Crippen LogP contribution in [0.15, 0.2) is 35.3 Å². The molecule has 4 unspecified atom stereocenters. The van der Waals surface area contributed by atoms with Crippen molar-refractivity contribution in [3.63, 3.8) is 0 Å². The second kappa shape index (κ2) is 13.0. The number of benzene rings is 1. The highest BCUT2D eigenvalue weighted by atomic mass is 127. The summed E-state index contributed by atoms with van der Waals surface area (Å²) in [6.45, 7) is 13.2. The quantitative estimate of drug-likeness (QED) is 0.296. The van der Waals surface area contributed by atoms with E-state index in [0.29, 0.717) is 11.8 Å². The first-order valence-corrected chi connectivity index (χ1v) is 11.8. The van der Waals surface area contributed by atoms with Crippen molar-refractivity contribution in [3.8, 4) is 0 Å². The van der Waals surface area contributed by atoms with E-state index in [9.17, 15) is 0 Å². The van der Waals surface area contributed by atoms with Crippen LogP contribution in [0.4, 0.5) is 0 Å². The van der Waals surface area contributed by atoms with E-state index in [-0.39, 0.29) is 41.6 Å². The Labute approximate surface area is 206 Å². The number of rotatable bonds is 6. The molecule has 2 saturated heterocycles. The molecule has 2 N–H and O–H groups in total. The molecule has 31 heavy (non-hydrogen) atoms. The number of ether oxygens (including phenoxy) is 2. The molecular weight excluding hydrogens is 501 g/mol. The minimum Gasteiger partial charge on any atom is -0.377 e. The van der Waals surface area contributed by atoms with Gasteiger partial charge in [-0.25, -0.2) is 0 Å². The molecule has 0 aromatic heterocycles. The maximum absolute atomic E-state index is 6.15. The van der Waals surface area contributed by atoms with Gasteiger partial charge in [-0.3, -0.25) is 4.99 Å². The maximum atomic E-state index is 6.15. The smallest absolute Gasteiger partial charge is 0.191 e. The molecule has 0 radical (unpaired) electrons. The third-order valence-corrected chi connectivity index (χ3v) is 6.23. The van der Waals surface area contributed by atoms with Crippen LogP contribution in [0.5, 0.6) is 0 Å². The number of hydrogen-bond donors (Lipinski definition) is 2. The highest BCUT2D eigenvalue weighted by molar-refractivity contribution is 14.0. The average Bonchev–Trinajstić information content (AvgIpc) is 2.76. The summed E-state index contributed by atoms with van der Waals surface area (Å²) >= 11 is 0. The van der Waals surface area contributed by atoms with E-state index >= 15 is 0 Å². The van der Waals surface area contributed by atoms with Gasteiger partial charge in [0.15, 0.2) is 5.96 Å². The number of hydrogen-bond acceptors (Lipinski definition) is 3. The molecule has 3 rings (SSSR count). The van der Waals surface area contributed by atoms with Gasteiger partial charge >= 0.3 is 0 Å². The van der Waals surface area contributed by atoms with Crippen LogP contribution in [0.2, 0.25) is 0 Å². The summed E-state index contributed by atoms with van der Waals surface area (Å²) in [5.41, 5.74) is 1.42. The molecular formula is C25H42IN3O2. The van der Waals surface area contributed by atoms with Gasteiger partial charge in [0.05, 0.1) is 12.2 Å². The van der Waals surface area contributed by atoms with Gasteiger partial charge in [0.2, 0.25) is 0 Å². The Balaban J connectivity index is 0.00000341. The van der Waals surface area contributed by atoms with Crippen molar-refractivity contribution in [2.45, 2.75) is 65.6 Å². The van der Waals surface area contributed by atoms with Gasteiger partial charge in [0.1, 0.15) is 0 Å². The Morgan fingerprint density at radius 1 is 1.00 bits per heavy atom. The molecule has 4 atom stereocenters. The first-order valence-electron chi connectivity index (χ1n) is 11.8. The lowest BCUT2D eigenvalue weighted by molar-refractivity contribution is -0.0835. The second-order valence-electron chi connectivity index (χ2n) is 9.76. The minimum atomic E-state index is 0. The SMILES string of the molecule is CCNC(=NCC1CCCOC1c1ccccc1)NCC1CCCOC1C(C)(C)C.I. The van der Waals surface area contributed by atoms with E-state index < -0.39 is 0 Å². The summed E-state index contributed by atoms with van der Waals surface area (Å²) in [7, 11) is 0. The van der Waals surface area contributed by atoms with E-state index in [1.54, 1.807) is 0 Å². The van der Waals surface area contributed by atoms with Crippen LogP contribution in [0.1, 0.15) is 65.0 Å². The molecule has 2 aliphatic rings. The van der Waals surface area contributed by atoms with Gasteiger partial charge in [-0.15, -0.1) is 24.0 Å². The lowest BCUT2D eigenvalue weighted by Crippen LogP contribution is -2.47. The number of nitrogens with one attached hydrogen (secondary N) is 2. The van der Waals surface area contributed by atoms with Gasteiger partial charge < -0.3 is 20.1 Å². The molecule has 2 heterocycles. The van der Waals surface area contributed by atoms with Crippen molar-refractivity contribution < 1.29 is 9.47 Å². The van der Waals surface area contributed by atoms with Crippen molar-refractivity contribution in [2.24, 2.45) is 22.2 Å². The molecule has 2 fully saturated rings. The molecule has 0 aliphatic carbocycles. The molecule has 0 bridgehead atoms. The summed E-state index contributed by atoms with van der Waals surface area (Å²) in [6, 6.07) is 10.6. The molecule has 5 nitrogen and oxygen atoms in total. The van der Waals surface area contributed by atoms with Crippen molar-refractivity contribution in [3.05, 3.63) is 35.9 Å². The van der Waals surface area contributed by atoms with Gasteiger partial charge in [-0.1, -0.05) is 51.1 Å². The fourth-order valence-corrected chi connectivity index (χ4v) is 4.83. The predicted molar refractivity (Wildman–Crippen MR) is 139 cm³/mol. The van der Waals surface area contributed by atoms with E-state index in [4.69, 9.17) is 14.5 Å². The molecule has 2 aliphatic heterocycles. The summed E-state index contributed by atoms with van der Waals surface area (Å²) in [5, 5.41) is 7.03. The topological polar surface area (TPSA) is 54.9 Å². The van der Waals surface area contributed by atoms with E-state index in [1.807, 2.05) is 0 Å². The highest BCUT2D eigenvalue weighted by Crippen LogP contribution is 2.34. The molecule has 1 aromatic rings. The fraction of sp³-hybridized carbons (Fsp3) is 0.720. The largest absolute Gasteiger partial charge is 0.377 e. The Kier molecular flexibility index (Phi) is 11.1. The molecule has 0 spiro atoms. The van der Waals surface area contributed by atoms with Crippen molar-refractivity contribution in [2.75, 3.05) is 32.8 Å². The monoisotopic (exact) mass is 543 g/mol. The molecule has 176 valence electrons. The zero-order valence-electron chi connectivity index (χ0n) is 19.7. The first-order chi connectivity index (χ1) is 14.5. The van der Waals surface area contributed by atoms with Crippen molar-refractivity contribution in [1.29, 1.82) is 0 Å². The van der Waals surface area contributed by atoms with Crippen LogP contribution in [-0.4, -0.2) is 44.9 Å². The van der Waals surface area contributed by atoms with Gasteiger partial charge in [-0.05, 0) is 43.6 Å². The number of halogens is 1. The van der Waals surface area contributed by atoms with Crippen LogP contribution in [0.25, 0.3) is 0 Å². The van der Waals surface area contributed by atoms with Crippen LogP contribution in [0, 0.1) is 17.3 Å². The summed E-state index contributed by atoms with van der Waals surface area (Å²) in [4.78, 5) is 4.96. The van der Waals surface area contributed by atoms with Crippen LogP contribution in [0.3, 0.4) is 0 Å². The Morgan fingerprint density at radius 3 is 2.35 bits per heavy atom. The Hall–Kier alpha value is -0.860. The fourth-order valence-electron chi connectivity index (χ4n) is 4.83. The third-order valence-electron chi connectivity index (χ3n) is 6.23. The zero-order valence-corrected chi connectivity index (χ0v) is 22.1. The van der Waals surface area contributed by atoms with Crippen LogP contribution in [-0.2, 0) is 9.47 Å². The predicted octanol–water partition coefficient (Wildman–Crippen LogP) is 5.17. The second-order valence-corrected chi connectivity index (χ2v) is 9.76. The molecule has 0 saturated carbocycles. The number of guanidine groups is 1. The molecule has 6 heteroatoms. The Morgan fingerprint density at radius 2 is 1.68 bits per heavy atom. The van der Waals surface area contributed by atoms with Gasteiger partial charge in [0, 0.05) is 44.7 Å². The lowest BCUT2D eigenvalue weighted by atomic mass is 9.78. The highest BCUT2D eigenvalue weighted by Gasteiger charge is 2.35. The Bertz CT molecular complexity index is 662. The molecule has 1 aromatic carbocycles. The third kappa shape index (κ3) is 7.90. The summed E-state index contributed by atoms with van der Waals surface area (Å²) in [6.07, 6.45) is 5.05. The first kappa shape index (κ1) is 26.4. The zero-order chi connectivity index (χ0) is 21.4. The lowest BCUT2D eigenvalue weighted by Gasteiger charge is -2.40. The maximum Gasteiger partial charge on any atom is 0.191 e. The normalized spacial score (nSPS) is 27.3. The number of aliphatic imine (C=N–C) groups is 1. The summed E-state index contributed by atoms with van der Waals surface area (Å²) in [5.74, 6) is 1.84. The van der Waals surface area contributed by atoms with Crippen LogP contribution < -0.4 is 10.6 Å². The standard InChI is InChI=1S/C25H41N3O2.HI/c1-5-26-24(28-18-21-14-10-16-30-23(21)25(2,3)4)27-17-20-13-9-15-29-22(20)19-11-7-6-8-12-19;/h6-8,11-12,20-23H,5,9-10,13-18H2,1-4H3,(H2,26,27,28);1H. The van der Waals surface area contributed by atoms with Crippen molar-refractivity contribution in [1.82, 2.24) is 10.6 Å². The average molecular weight is 544 g/mol. The van der Waals surface area contributed by atoms with Gasteiger partial charge in [0.25, 0.3) is 0 Å². The molecule has 0 amide bonds. The summed E-state index contributed by atoms with van der Waals surface area (Å²) < 4.78 is 12.3.